The topological polar surface area (TPSA) is 20.2 Å². The quantitative estimate of drug-likeness (QED) is 0.350. The Labute approximate surface area is 132 Å². The molecule has 0 aliphatic heterocycles. The van der Waals surface area contributed by atoms with Gasteiger partial charge in [-0.2, -0.15) is 11.8 Å². The average molecular weight is 303 g/mol. The fraction of sp³-hybridized carbons (Fsp3) is 1.00. The van der Waals surface area contributed by atoms with E-state index in [2.05, 4.69) is 13.8 Å². The maximum atomic E-state index is 8.90. The van der Waals surface area contributed by atoms with E-state index < -0.39 is 0 Å². The van der Waals surface area contributed by atoms with Gasteiger partial charge in [0.2, 0.25) is 0 Å². The molecule has 0 saturated carbocycles. The van der Waals surface area contributed by atoms with Crippen LogP contribution in [0.15, 0.2) is 0 Å². The van der Waals surface area contributed by atoms with Gasteiger partial charge in [-0.15, -0.1) is 0 Å². The highest BCUT2D eigenvalue weighted by Crippen LogP contribution is 2.22. The van der Waals surface area contributed by atoms with Crippen LogP contribution >= 0.6 is 11.8 Å². The molecule has 1 N–H and O–H groups in total. The lowest BCUT2D eigenvalue weighted by Gasteiger charge is -2.16. The number of unbranched alkanes of at least 4 members (excludes halogenated alkanes) is 8. The molecule has 1 unspecified atom stereocenters. The molecule has 0 aliphatic rings. The summed E-state index contributed by atoms with van der Waals surface area (Å²) in [7, 11) is 0. The second-order valence-corrected chi connectivity index (χ2v) is 7.22. The van der Waals surface area contributed by atoms with Crippen LogP contribution in [0, 0.1) is 5.92 Å². The molecule has 2 heteroatoms. The second-order valence-electron chi connectivity index (χ2n) is 6.07. The van der Waals surface area contributed by atoms with E-state index in [0.29, 0.717) is 6.61 Å². The molecule has 0 spiro atoms. The third kappa shape index (κ3) is 14.7. The van der Waals surface area contributed by atoms with E-state index in [1.165, 1.54) is 82.8 Å². The Bertz CT molecular complexity index is 173. The van der Waals surface area contributed by atoms with Gasteiger partial charge in [0.1, 0.15) is 0 Å². The number of aliphatic hydroxyl groups excluding tert-OH is 1. The second kappa shape index (κ2) is 17.4. The van der Waals surface area contributed by atoms with Gasteiger partial charge in [-0.05, 0) is 24.5 Å². The minimum absolute atomic E-state index is 0.338. The molecular weight excluding hydrogens is 264 g/mol. The zero-order chi connectivity index (χ0) is 14.9. The van der Waals surface area contributed by atoms with Gasteiger partial charge < -0.3 is 5.11 Å². The molecular formula is C18H38OS. The average Bonchev–Trinajstić information content (AvgIpc) is 2.46. The van der Waals surface area contributed by atoms with Crippen molar-refractivity contribution in [1.82, 2.24) is 0 Å². The van der Waals surface area contributed by atoms with Gasteiger partial charge in [0.05, 0.1) is 6.61 Å². The molecule has 122 valence electrons. The van der Waals surface area contributed by atoms with E-state index in [1.54, 1.807) is 0 Å². The Morgan fingerprint density at radius 1 is 0.750 bits per heavy atom. The summed E-state index contributed by atoms with van der Waals surface area (Å²) in [5.74, 6) is 3.08. The van der Waals surface area contributed by atoms with Gasteiger partial charge in [-0.1, -0.05) is 78.1 Å². The number of hydrogen-bond acceptors (Lipinski definition) is 2. The Kier molecular flexibility index (Phi) is 17.6. The van der Waals surface area contributed by atoms with Crippen molar-refractivity contribution in [2.45, 2.75) is 90.9 Å². The highest BCUT2D eigenvalue weighted by Gasteiger charge is 2.08. The summed E-state index contributed by atoms with van der Waals surface area (Å²) in [6, 6.07) is 0. The van der Waals surface area contributed by atoms with E-state index >= 15 is 0 Å². The Morgan fingerprint density at radius 2 is 1.25 bits per heavy atom. The molecule has 0 rings (SSSR count). The van der Waals surface area contributed by atoms with Crippen LogP contribution in [0.25, 0.3) is 0 Å². The molecule has 0 aromatic carbocycles. The summed E-state index contributed by atoms with van der Waals surface area (Å²) >= 11 is 1.95. The molecule has 0 radical (unpaired) electrons. The predicted molar refractivity (Wildman–Crippen MR) is 94.7 cm³/mol. The van der Waals surface area contributed by atoms with Crippen molar-refractivity contribution in [3.8, 4) is 0 Å². The molecule has 0 aliphatic carbocycles. The van der Waals surface area contributed by atoms with Crippen molar-refractivity contribution in [3.05, 3.63) is 0 Å². The van der Waals surface area contributed by atoms with Crippen LogP contribution in [0.2, 0.25) is 0 Å². The molecule has 20 heavy (non-hydrogen) atoms. The summed E-state index contributed by atoms with van der Waals surface area (Å²) in [5, 5.41) is 8.90. The highest BCUT2D eigenvalue weighted by molar-refractivity contribution is 7.99. The minimum Gasteiger partial charge on any atom is -0.396 e. The van der Waals surface area contributed by atoms with Gasteiger partial charge in [0.15, 0.2) is 0 Å². The number of rotatable bonds is 16. The molecule has 0 aromatic rings. The largest absolute Gasteiger partial charge is 0.396 e. The third-order valence-corrected chi connectivity index (χ3v) is 5.20. The first-order valence-corrected chi connectivity index (χ1v) is 10.2. The predicted octanol–water partition coefficient (Wildman–Crippen LogP) is 6.05. The fourth-order valence-electron chi connectivity index (χ4n) is 2.70. The van der Waals surface area contributed by atoms with Crippen LogP contribution in [0.4, 0.5) is 0 Å². The van der Waals surface area contributed by atoms with Gasteiger partial charge in [-0.25, -0.2) is 0 Å². The zero-order valence-corrected chi connectivity index (χ0v) is 14.9. The molecule has 1 nitrogen and oxygen atoms in total. The Morgan fingerprint density at radius 3 is 1.80 bits per heavy atom. The number of hydrogen-bond donors (Lipinski definition) is 1. The highest BCUT2D eigenvalue weighted by atomic mass is 32.2. The molecule has 0 heterocycles. The van der Waals surface area contributed by atoms with Crippen LogP contribution in [0.3, 0.4) is 0 Å². The van der Waals surface area contributed by atoms with E-state index in [9.17, 15) is 0 Å². The molecule has 1 atom stereocenters. The van der Waals surface area contributed by atoms with Crippen molar-refractivity contribution in [2.24, 2.45) is 5.92 Å². The van der Waals surface area contributed by atoms with E-state index in [-0.39, 0.29) is 0 Å². The monoisotopic (exact) mass is 302 g/mol. The van der Waals surface area contributed by atoms with Crippen molar-refractivity contribution in [1.29, 1.82) is 0 Å². The van der Waals surface area contributed by atoms with E-state index in [1.807, 2.05) is 11.8 Å². The number of aliphatic hydroxyl groups is 1. The smallest absolute Gasteiger partial charge is 0.0521 e. The summed E-state index contributed by atoms with van der Waals surface area (Å²) < 4.78 is 0. The maximum Gasteiger partial charge on any atom is 0.0521 e. The van der Waals surface area contributed by atoms with Crippen molar-refractivity contribution in [2.75, 3.05) is 18.1 Å². The fourth-order valence-corrected chi connectivity index (χ4v) is 3.66. The summed E-state index contributed by atoms with van der Waals surface area (Å²) in [6.45, 7) is 4.90. The lowest BCUT2D eigenvalue weighted by Crippen LogP contribution is -2.06. The first-order valence-electron chi connectivity index (χ1n) is 9.03. The van der Waals surface area contributed by atoms with Gasteiger partial charge in [-0.3, -0.25) is 0 Å². The Hall–Kier alpha value is 0.310. The first-order chi connectivity index (χ1) is 9.85. The SMILES string of the molecule is CCCCCCCCC(CCCCCC)CSCCO. The minimum atomic E-state index is 0.338. The summed E-state index contributed by atoms with van der Waals surface area (Å²) in [6.07, 6.45) is 16.8. The lowest BCUT2D eigenvalue weighted by atomic mass is 9.96. The van der Waals surface area contributed by atoms with Crippen LogP contribution in [-0.2, 0) is 0 Å². The van der Waals surface area contributed by atoms with Gasteiger partial charge in [0.25, 0.3) is 0 Å². The zero-order valence-electron chi connectivity index (χ0n) is 14.0. The third-order valence-electron chi connectivity index (χ3n) is 4.02. The van der Waals surface area contributed by atoms with E-state index in [4.69, 9.17) is 5.11 Å². The van der Waals surface area contributed by atoms with Gasteiger partial charge in [0, 0.05) is 5.75 Å². The standard InChI is InChI=1S/C18H38OS/c1-3-5-7-9-10-12-14-18(17-20-16-15-19)13-11-8-6-4-2/h18-19H,3-17H2,1-2H3. The van der Waals surface area contributed by atoms with Crippen molar-refractivity contribution < 1.29 is 5.11 Å². The van der Waals surface area contributed by atoms with Crippen LogP contribution in [0.5, 0.6) is 0 Å². The molecule has 0 saturated heterocycles. The van der Waals surface area contributed by atoms with Crippen molar-refractivity contribution in [3.63, 3.8) is 0 Å². The molecule has 0 fully saturated rings. The van der Waals surface area contributed by atoms with Crippen molar-refractivity contribution >= 4 is 11.8 Å². The van der Waals surface area contributed by atoms with Crippen LogP contribution in [0.1, 0.15) is 90.9 Å². The normalized spacial score (nSPS) is 12.8. The Balaban J connectivity index is 3.62. The number of thioether (sulfide) groups is 1. The van der Waals surface area contributed by atoms with Crippen LogP contribution in [-0.4, -0.2) is 23.2 Å². The molecule has 0 bridgehead atoms. The van der Waals surface area contributed by atoms with E-state index in [0.717, 1.165) is 11.7 Å². The summed E-state index contributed by atoms with van der Waals surface area (Å²) in [5.41, 5.74) is 0. The maximum absolute atomic E-state index is 8.90. The van der Waals surface area contributed by atoms with Gasteiger partial charge >= 0.3 is 0 Å². The summed E-state index contributed by atoms with van der Waals surface area (Å²) in [4.78, 5) is 0. The van der Waals surface area contributed by atoms with Crippen LogP contribution < -0.4 is 0 Å². The first kappa shape index (κ1) is 20.3. The molecule has 0 amide bonds. The molecule has 0 aromatic heterocycles. The lowest BCUT2D eigenvalue weighted by molar-refractivity contribution is 0.322.